The van der Waals surface area contributed by atoms with Gasteiger partial charge >= 0.3 is 0 Å². The maximum atomic E-state index is 12.4. The molecule has 2 atom stereocenters. The number of hydrogen-bond donors (Lipinski definition) is 0. The third-order valence-electron chi connectivity index (χ3n) is 3.88. The maximum absolute atomic E-state index is 12.4. The van der Waals surface area contributed by atoms with E-state index >= 15 is 0 Å². The second-order valence-electron chi connectivity index (χ2n) is 7.03. The molecule has 0 aromatic heterocycles. The lowest BCUT2D eigenvalue weighted by molar-refractivity contribution is 0.0981. The summed E-state index contributed by atoms with van der Waals surface area (Å²) in [4.78, 5) is 12.8. The second-order valence-corrected chi connectivity index (χ2v) is 15.6. The van der Waals surface area contributed by atoms with E-state index in [1.54, 1.807) is 11.8 Å². The molecule has 0 aliphatic carbocycles. The summed E-state index contributed by atoms with van der Waals surface area (Å²) in [6, 6.07) is 7.57. The molecule has 6 heteroatoms. The Balaban J connectivity index is 2.65. The van der Waals surface area contributed by atoms with E-state index in [2.05, 4.69) is 42.5 Å². The number of halogens is 1. The van der Waals surface area contributed by atoms with Gasteiger partial charge in [0, 0.05) is 21.3 Å². The fourth-order valence-corrected chi connectivity index (χ4v) is 6.57. The average molecular weight is 448 g/mol. The molecule has 0 bridgehead atoms. The van der Waals surface area contributed by atoms with Gasteiger partial charge in [0.1, 0.15) is 0 Å². The molecule has 0 saturated heterocycles. The smallest absolute Gasteiger partial charge is 0.220 e. The molecule has 0 fully saturated rings. The van der Waals surface area contributed by atoms with E-state index in [9.17, 15) is 4.79 Å². The second kappa shape index (κ2) is 10.1. The van der Waals surface area contributed by atoms with Gasteiger partial charge in [0.2, 0.25) is 4.38 Å². The SMILES string of the molecule is CCC(C)OC(=S)SC(CCC(=O)c1ccc(Br)cc1)[Si](C)(C)C. The van der Waals surface area contributed by atoms with Gasteiger partial charge in [0.05, 0.1) is 14.2 Å². The highest BCUT2D eigenvalue weighted by Crippen LogP contribution is 2.29. The number of thioether (sulfide) groups is 1. The first-order chi connectivity index (χ1) is 11.1. The molecule has 0 amide bonds. The van der Waals surface area contributed by atoms with E-state index in [0.717, 1.165) is 22.9 Å². The van der Waals surface area contributed by atoms with Crippen molar-refractivity contribution in [1.29, 1.82) is 0 Å². The van der Waals surface area contributed by atoms with Crippen molar-refractivity contribution in [3.8, 4) is 0 Å². The Morgan fingerprint density at radius 3 is 2.38 bits per heavy atom. The van der Waals surface area contributed by atoms with Crippen molar-refractivity contribution in [2.75, 3.05) is 0 Å². The highest BCUT2D eigenvalue weighted by molar-refractivity contribution is 9.10. The van der Waals surface area contributed by atoms with Gasteiger partial charge in [-0.05, 0) is 44.1 Å². The van der Waals surface area contributed by atoms with Crippen LogP contribution in [-0.4, -0.2) is 29.2 Å². The van der Waals surface area contributed by atoms with Crippen LogP contribution < -0.4 is 0 Å². The zero-order chi connectivity index (χ0) is 18.3. The molecule has 1 rings (SSSR count). The molecule has 2 nitrogen and oxygen atoms in total. The number of rotatable bonds is 8. The Kier molecular flexibility index (Phi) is 9.20. The van der Waals surface area contributed by atoms with Crippen LogP contribution in [0.2, 0.25) is 19.6 Å². The molecule has 24 heavy (non-hydrogen) atoms. The van der Waals surface area contributed by atoms with E-state index in [1.165, 1.54) is 0 Å². The van der Waals surface area contributed by atoms with Crippen molar-refractivity contribution in [3.05, 3.63) is 34.3 Å². The normalized spacial score (nSPS) is 14.1. The quantitative estimate of drug-likeness (QED) is 0.258. The Morgan fingerprint density at radius 1 is 1.29 bits per heavy atom. The molecule has 134 valence electrons. The molecule has 0 heterocycles. The third-order valence-corrected chi connectivity index (χ3v) is 10.3. The van der Waals surface area contributed by atoms with Gasteiger partial charge in [-0.15, -0.1) is 0 Å². The average Bonchev–Trinajstić information content (AvgIpc) is 2.50. The van der Waals surface area contributed by atoms with Crippen LogP contribution in [0.5, 0.6) is 0 Å². The van der Waals surface area contributed by atoms with Crippen LogP contribution in [0.4, 0.5) is 0 Å². The number of benzene rings is 1. The molecule has 0 aliphatic heterocycles. The van der Waals surface area contributed by atoms with Crippen molar-refractivity contribution in [1.82, 2.24) is 0 Å². The van der Waals surface area contributed by atoms with Gasteiger partial charge in [0.25, 0.3) is 0 Å². The number of Topliss-reactive ketones (excluding diaryl/α,β-unsaturated/α-hetero) is 1. The van der Waals surface area contributed by atoms with Crippen molar-refractivity contribution in [3.63, 3.8) is 0 Å². The molecule has 0 spiro atoms. The minimum atomic E-state index is -1.45. The molecule has 2 unspecified atom stereocenters. The Bertz CT molecular complexity index is 555. The molecule has 0 N–H and O–H groups in total. The summed E-state index contributed by atoms with van der Waals surface area (Å²) in [6.07, 6.45) is 2.49. The van der Waals surface area contributed by atoms with Gasteiger partial charge in [-0.1, -0.05) is 66.4 Å². The predicted molar refractivity (Wildman–Crippen MR) is 116 cm³/mol. The van der Waals surface area contributed by atoms with Gasteiger partial charge in [0.15, 0.2) is 5.78 Å². The van der Waals surface area contributed by atoms with Crippen molar-refractivity contribution < 1.29 is 9.53 Å². The molecule has 0 radical (unpaired) electrons. The summed E-state index contributed by atoms with van der Waals surface area (Å²) >= 11 is 10.4. The van der Waals surface area contributed by atoms with Crippen LogP contribution in [0.15, 0.2) is 28.7 Å². The van der Waals surface area contributed by atoms with Crippen LogP contribution in [0.25, 0.3) is 0 Å². The number of carbonyl (C=O) groups is 1. The lowest BCUT2D eigenvalue weighted by Crippen LogP contribution is -2.37. The summed E-state index contributed by atoms with van der Waals surface area (Å²) in [5, 5.41) is 0. The van der Waals surface area contributed by atoms with Crippen LogP contribution in [-0.2, 0) is 4.74 Å². The van der Waals surface area contributed by atoms with Gasteiger partial charge < -0.3 is 4.74 Å². The first-order valence-corrected chi connectivity index (χ1v) is 13.9. The van der Waals surface area contributed by atoms with E-state index in [-0.39, 0.29) is 11.9 Å². The highest BCUT2D eigenvalue weighted by Gasteiger charge is 2.29. The van der Waals surface area contributed by atoms with Gasteiger partial charge in [-0.3, -0.25) is 4.79 Å². The molecular formula is C18H27BrO2S2Si. The van der Waals surface area contributed by atoms with Crippen molar-refractivity contribution >= 4 is 58.1 Å². The molecule has 1 aromatic rings. The van der Waals surface area contributed by atoms with Gasteiger partial charge in [-0.2, -0.15) is 0 Å². The fraction of sp³-hybridized carbons (Fsp3) is 0.556. The molecule has 1 aromatic carbocycles. The number of thiocarbonyl (C=S) groups is 1. The summed E-state index contributed by atoms with van der Waals surface area (Å²) in [6.45, 7) is 11.1. The lowest BCUT2D eigenvalue weighted by Gasteiger charge is -2.28. The summed E-state index contributed by atoms with van der Waals surface area (Å²) in [7, 11) is -1.45. The maximum Gasteiger partial charge on any atom is 0.220 e. The van der Waals surface area contributed by atoms with E-state index < -0.39 is 8.07 Å². The van der Waals surface area contributed by atoms with Crippen molar-refractivity contribution in [2.45, 2.75) is 63.7 Å². The molecule has 0 saturated carbocycles. The predicted octanol–water partition coefficient (Wildman–Crippen LogP) is 6.49. The topological polar surface area (TPSA) is 26.3 Å². The lowest BCUT2D eigenvalue weighted by atomic mass is 10.1. The first-order valence-electron chi connectivity index (χ1n) is 8.29. The minimum absolute atomic E-state index is 0.150. The van der Waals surface area contributed by atoms with Crippen molar-refractivity contribution in [2.24, 2.45) is 0 Å². The summed E-state index contributed by atoms with van der Waals surface area (Å²) < 4.78 is 7.36. The number of ether oxygens (including phenoxy) is 1. The minimum Gasteiger partial charge on any atom is -0.476 e. The zero-order valence-electron chi connectivity index (χ0n) is 15.1. The number of carbonyl (C=O) groups excluding carboxylic acids is 1. The van der Waals surface area contributed by atoms with Crippen LogP contribution in [0.3, 0.4) is 0 Å². The number of ketones is 1. The van der Waals surface area contributed by atoms with Crippen LogP contribution >= 0.6 is 39.9 Å². The van der Waals surface area contributed by atoms with E-state index in [1.807, 2.05) is 31.2 Å². The Labute approximate surface area is 165 Å². The summed E-state index contributed by atoms with van der Waals surface area (Å²) in [5.74, 6) is 0.195. The molecule has 0 aliphatic rings. The monoisotopic (exact) mass is 446 g/mol. The van der Waals surface area contributed by atoms with E-state index in [0.29, 0.717) is 15.7 Å². The zero-order valence-corrected chi connectivity index (χ0v) is 19.3. The Morgan fingerprint density at radius 2 is 1.88 bits per heavy atom. The van der Waals surface area contributed by atoms with Gasteiger partial charge in [-0.25, -0.2) is 0 Å². The Hall–Kier alpha value is -0.173. The third kappa shape index (κ3) is 7.81. The first kappa shape index (κ1) is 21.9. The fourth-order valence-electron chi connectivity index (χ4n) is 2.10. The van der Waals surface area contributed by atoms with E-state index in [4.69, 9.17) is 17.0 Å². The standard InChI is InChI=1S/C18H27BrO2S2Si/c1-6-13(2)21-18(22)23-17(24(3,4)5)12-11-16(20)14-7-9-15(19)10-8-14/h7-10,13,17H,6,11-12H2,1-5H3. The van der Waals surface area contributed by atoms with Crippen LogP contribution in [0, 0.1) is 0 Å². The largest absolute Gasteiger partial charge is 0.476 e. The summed E-state index contributed by atoms with van der Waals surface area (Å²) in [5.41, 5.74) is 0.774. The highest BCUT2D eigenvalue weighted by atomic mass is 79.9. The molecular weight excluding hydrogens is 420 g/mol. The van der Waals surface area contributed by atoms with Crippen LogP contribution in [0.1, 0.15) is 43.5 Å². The number of hydrogen-bond acceptors (Lipinski definition) is 4.